The lowest BCUT2D eigenvalue weighted by Crippen LogP contribution is -2.40. The van der Waals surface area contributed by atoms with Crippen LogP contribution >= 0.6 is 0 Å². The van der Waals surface area contributed by atoms with E-state index in [1.165, 1.54) is 18.1 Å². The molecule has 0 N–H and O–H groups in total. The van der Waals surface area contributed by atoms with Crippen LogP contribution in [0.3, 0.4) is 0 Å². The summed E-state index contributed by atoms with van der Waals surface area (Å²) in [6.07, 6.45) is 3.48. The smallest absolute Gasteiger partial charge is 0.338 e. The summed E-state index contributed by atoms with van der Waals surface area (Å²) in [6, 6.07) is 4.38. The molecule has 2 aromatic rings. The molecule has 1 fully saturated rings. The standard InChI is InChI=1S/C16H17N3O5S/c1-19(12-4-7-25(22,23)10-12)15(20)9-24-16(21)11-2-3-13-14(8-11)18-6-5-17-13/h2-3,5-6,8,12H,4,7,9-10H2,1H3/t12-/m1/s1. The summed E-state index contributed by atoms with van der Waals surface area (Å²) in [7, 11) is -1.56. The van der Waals surface area contributed by atoms with Gasteiger partial charge in [-0.1, -0.05) is 0 Å². The van der Waals surface area contributed by atoms with Gasteiger partial charge in [0, 0.05) is 25.5 Å². The Morgan fingerprint density at radius 2 is 1.96 bits per heavy atom. The monoisotopic (exact) mass is 363 g/mol. The van der Waals surface area contributed by atoms with Crippen molar-refractivity contribution in [3.8, 4) is 0 Å². The number of benzene rings is 1. The normalized spacial score (nSPS) is 18.8. The molecule has 3 rings (SSSR count). The van der Waals surface area contributed by atoms with Gasteiger partial charge in [0.1, 0.15) is 0 Å². The topological polar surface area (TPSA) is 107 Å². The maximum atomic E-state index is 12.1. The number of hydrogen-bond acceptors (Lipinski definition) is 7. The van der Waals surface area contributed by atoms with Gasteiger partial charge in [-0.25, -0.2) is 13.2 Å². The van der Waals surface area contributed by atoms with E-state index in [0.29, 0.717) is 17.5 Å². The third kappa shape index (κ3) is 3.93. The van der Waals surface area contributed by atoms with Crippen LogP contribution in [0.15, 0.2) is 30.6 Å². The Balaban J connectivity index is 1.60. The van der Waals surface area contributed by atoms with Crippen LogP contribution in [0.25, 0.3) is 11.0 Å². The first-order valence-corrected chi connectivity index (χ1v) is 9.52. The number of carbonyl (C=O) groups excluding carboxylic acids is 2. The van der Waals surface area contributed by atoms with Crippen LogP contribution in [0.4, 0.5) is 0 Å². The third-order valence-electron chi connectivity index (χ3n) is 4.18. The summed E-state index contributed by atoms with van der Waals surface area (Å²) in [5, 5.41) is 0. The fraction of sp³-hybridized carbons (Fsp3) is 0.375. The first-order chi connectivity index (χ1) is 11.9. The summed E-state index contributed by atoms with van der Waals surface area (Å²) in [5.74, 6) is -1.05. The summed E-state index contributed by atoms with van der Waals surface area (Å²) in [6.45, 7) is -0.440. The van der Waals surface area contributed by atoms with Crippen LogP contribution in [0, 0.1) is 0 Å². The Hall–Kier alpha value is -2.55. The number of fused-ring (bicyclic) bond motifs is 1. The van der Waals surface area contributed by atoms with E-state index in [-0.39, 0.29) is 23.1 Å². The summed E-state index contributed by atoms with van der Waals surface area (Å²) >= 11 is 0. The minimum atomic E-state index is -3.08. The zero-order chi connectivity index (χ0) is 18.0. The van der Waals surface area contributed by atoms with Crippen LogP contribution in [-0.4, -0.2) is 66.4 Å². The Morgan fingerprint density at radius 1 is 1.24 bits per heavy atom. The van der Waals surface area contributed by atoms with Crippen LogP contribution in [0.1, 0.15) is 16.8 Å². The van der Waals surface area contributed by atoms with E-state index in [4.69, 9.17) is 4.74 Å². The van der Waals surface area contributed by atoms with Gasteiger partial charge in [0.2, 0.25) is 0 Å². The quantitative estimate of drug-likeness (QED) is 0.725. The highest BCUT2D eigenvalue weighted by atomic mass is 32.2. The average molecular weight is 363 g/mol. The molecule has 0 unspecified atom stereocenters. The fourth-order valence-corrected chi connectivity index (χ4v) is 4.46. The van der Waals surface area contributed by atoms with E-state index in [0.717, 1.165) is 0 Å². The van der Waals surface area contributed by atoms with E-state index in [1.54, 1.807) is 24.4 Å². The summed E-state index contributed by atoms with van der Waals surface area (Å²) in [4.78, 5) is 33.8. The van der Waals surface area contributed by atoms with Crippen LogP contribution in [0.5, 0.6) is 0 Å². The molecule has 2 heterocycles. The highest BCUT2D eigenvalue weighted by Crippen LogP contribution is 2.17. The molecule has 9 heteroatoms. The maximum absolute atomic E-state index is 12.1. The van der Waals surface area contributed by atoms with Crippen molar-refractivity contribution >= 4 is 32.7 Å². The van der Waals surface area contributed by atoms with Crippen molar-refractivity contribution < 1.29 is 22.7 Å². The van der Waals surface area contributed by atoms with Crippen molar-refractivity contribution in [2.45, 2.75) is 12.5 Å². The molecule has 132 valence electrons. The molecule has 8 nitrogen and oxygen atoms in total. The highest BCUT2D eigenvalue weighted by Gasteiger charge is 2.32. The zero-order valence-electron chi connectivity index (χ0n) is 13.6. The molecule has 1 saturated heterocycles. The lowest BCUT2D eigenvalue weighted by molar-refractivity contribution is -0.134. The molecule has 1 aliphatic rings. The molecule has 1 aromatic carbocycles. The van der Waals surface area contributed by atoms with Gasteiger partial charge in [-0.2, -0.15) is 0 Å². The number of sulfone groups is 1. The van der Waals surface area contributed by atoms with Gasteiger partial charge in [-0.05, 0) is 24.6 Å². The molecule has 1 aliphatic heterocycles. The Morgan fingerprint density at radius 3 is 2.64 bits per heavy atom. The number of rotatable bonds is 4. The Kier molecular flexibility index (Phi) is 4.67. The Bertz CT molecular complexity index is 928. The molecular formula is C16H17N3O5S. The second-order valence-electron chi connectivity index (χ2n) is 5.90. The van der Waals surface area contributed by atoms with Crippen LogP contribution < -0.4 is 0 Å². The molecule has 1 amide bonds. The van der Waals surface area contributed by atoms with Crippen molar-refractivity contribution in [2.24, 2.45) is 0 Å². The van der Waals surface area contributed by atoms with Crippen molar-refractivity contribution in [2.75, 3.05) is 25.2 Å². The Labute approximate surface area is 144 Å². The third-order valence-corrected chi connectivity index (χ3v) is 5.93. The average Bonchev–Trinajstić information content (AvgIpc) is 2.98. The minimum Gasteiger partial charge on any atom is -0.452 e. The van der Waals surface area contributed by atoms with Crippen LogP contribution in [0.2, 0.25) is 0 Å². The minimum absolute atomic E-state index is 0.0491. The number of esters is 1. The molecule has 1 aromatic heterocycles. The maximum Gasteiger partial charge on any atom is 0.338 e. The molecule has 0 aliphatic carbocycles. The van der Waals surface area contributed by atoms with Crippen LogP contribution in [-0.2, 0) is 19.4 Å². The largest absolute Gasteiger partial charge is 0.452 e. The molecule has 0 bridgehead atoms. The molecule has 0 saturated carbocycles. The number of hydrogen-bond donors (Lipinski definition) is 0. The highest BCUT2D eigenvalue weighted by molar-refractivity contribution is 7.91. The van der Waals surface area contributed by atoms with E-state index < -0.39 is 28.3 Å². The van der Waals surface area contributed by atoms with E-state index in [2.05, 4.69) is 9.97 Å². The molecule has 25 heavy (non-hydrogen) atoms. The first-order valence-electron chi connectivity index (χ1n) is 7.70. The molecular weight excluding hydrogens is 346 g/mol. The van der Waals surface area contributed by atoms with Crippen molar-refractivity contribution in [1.29, 1.82) is 0 Å². The number of aromatic nitrogens is 2. The number of carbonyl (C=O) groups is 2. The van der Waals surface area contributed by atoms with Gasteiger partial charge >= 0.3 is 5.97 Å². The van der Waals surface area contributed by atoms with Gasteiger partial charge < -0.3 is 9.64 Å². The SMILES string of the molecule is CN(C(=O)COC(=O)c1ccc2nccnc2c1)[C@@H]1CCS(=O)(=O)C1. The number of nitrogens with zero attached hydrogens (tertiary/aromatic N) is 3. The second kappa shape index (κ2) is 6.75. The zero-order valence-corrected chi connectivity index (χ0v) is 14.4. The molecule has 1 atom stereocenters. The van der Waals surface area contributed by atoms with Gasteiger partial charge in [0.15, 0.2) is 16.4 Å². The lowest BCUT2D eigenvalue weighted by atomic mass is 10.2. The number of amides is 1. The molecule has 0 radical (unpaired) electrons. The first kappa shape index (κ1) is 17.3. The van der Waals surface area contributed by atoms with Gasteiger partial charge in [0.05, 0.1) is 28.1 Å². The van der Waals surface area contributed by atoms with Crippen molar-refractivity contribution in [3.05, 3.63) is 36.2 Å². The van der Waals surface area contributed by atoms with E-state index in [1.807, 2.05) is 0 Å². The van der Waals surface area contributed by atoms with E-state index in [9.17, 15) is 18.0 Å². The summed E-state index contributed by atoms with van der Waals surface area (Å²) < 4.78 is 28.0. The predicted octanol–water partition coefficient (Wildman–Crippen LogP) is 0.432. The van der Waals surface area contributed by atoms with Gasteiger partial charge in [-0.3, -0.25) is 14.8 Å². The fourth-order valence-electron chi connectivity index (χ4n) is 2.69. The van der Waals surface area contributed by atoms with Crippen molar-refractivity contribution in [1.82, 2.24) is 14.9 Å². The number of likely N-dealkylation sites (N-methyl/N-ethyl adjacent to an activating group) is 1. The van der Waals surface area contributed by atoms with Crippen molar-refractivity contribution in [3.63, 3.8) is 0 Å². The van der Waals surface area contributed by atoms with E-state index >= 15 is 0 Å². The number of ether oxygens (including phenoxy) is 1. The summed E-state index contributed by atoms with van der Waals surface area (Å²) in [5.41, 5.74) is 1.47. The predicted molar refractivity (Wildman–Crippen MR) is 89.6 cm³/mol. The van der Waals surface area contributed by atoms with Gasteiger partial charge in [-0.15, -0.1) is 0 Å². The molecule has 0 spiro atoms. The lowest BCUT2D eigenvalue weighted by Gasteiger charge is -2.23. The van der Waals surface area contributed by atoms with Gasteiger partial charge in [0.25, 0.3) is 5.91 Å². The second-order valence-corrected chi connectivity index (χ2v) is 8.13.